The van der Waals surface area contributed by atoms with Crippen molar-refractivity contribution < 1.29 is 0 Å². The summed E-state index contributed by atoms with van der Waals surface area (Å²) in [5.41, 5.74) is 12.7. The third-order valence-electron chi connectivity index (χ3n) is 10.4. The molecule has 0 unspecified atom stereocenters. The lowest BCUT2D eigenvalue weighted by molar-refractivity contribution is 1.06. The van der Waals surface area contributed by atoms with Crippen molar-refractivity contribution in [3.05, 3.63) is 211 Å². The number of fused-ring (bicyclic) bond motifs is 4. The second-order valence-electron chi connectivity index (χ2n) is 13.3. The first-order valence-corrected chi connectivity index (χ1v) is 17.9. The van der Waals surface area contributed by atoms with Gasteiger partial charge in [0.2, 0.25) is 0 Å². The lowest BCUT2D eigenvalue weighted by Crippen LogP contribution is -2.19. The molecular weight excluding hydrogens is 643 g/mol. The van der Waals surface area contributed by atoms with E-state index in [2.05, 4.69) is 128 Å². The average molecular weight is 678 g/mol. The molecule has 0 saturated carbocycles. The van der Waals surface area contributed by atoms with Gasteiger partial charge in [-0.2, -0.15) is 0 Å². The molecule has 2 heteroatoms. The van der Waals surface area contributed by atoms with Gasteiger partial charge >= 0.3 is 0 Å². The Morgan fingerprint density at radius 1 is 0.377 bits per heavy atom. The van der Waals surface area contributed by atoms with Crippen molar-refractivity contribution in [2.45, 2.75) is 0 Å². The second kappa shape index (κ2) is 13.3. The van der Waals surface area contributed by atoms with Crippen molar-refractivity contribution in [3.8, 4) is 50.2 Å². The van der Waals surface area contributed by atoms with Crippen molar-refractivity contribution in [1.82, 2.24) is 4.57 Å². The van der Waals surface area contributed by atoms with E-state index in [9.17, 15) is 4.79 Å². The van der Waals surface area contributed by atoms with Gasteiger partial charge in [0.15, 0.2) is 0 Å². The van der Waals surface area contributed by atoms with Gasteiger partial charge in [0.05, 0.1) is 5.52 Å². The molecule has 0 atom stereocenters. The number of hydrogen-bond acceptors (Lipinski definition) is 1. The van der Waals surface area contributed by atoms with Crippen LogP contribution in [0.5, 0.6) is 0 Å². The first kappa shape index (κ1) is 31.9. The Hall–Kier alpha value is -7.03. The average Bonchev–Trinajstić information content (AvgIpc) is 3.23. The second-order valence-corrected chi connectivity index (χ2v) is 13.3. The Labute approximate surface area is 308 Å². The van der Waals surface area contributed by atoms with Gasteiger partial charge in [0.25, 0.3) is 5.56 Å². The zero-order valence-electron chi connectivity index (χ0n) is 29.2. The van der Waals surface area contributed by atoms with Crippen molar-refractivity contribution in [2.75, 3.05) is 0 Å². The fraction of sp³-hybridized carbons (Fsp3) is 0. The van der Waals surface area contributed by atoms with E-state index in [0.717, 1.165) is 88.4 Å². The minimum absolute atomic E-state index is 0.0325. The predicted octanol–water partition coefficient (Wildman–Crippen LogP) is 13.3. The number of pyridine rings is 1. The number of rotatable bonds is 7. The molecule has 9 aromatic rings. The molecule has 0 bridgehead atoms. The van der Waals surface area contributed by atoms with Crippen LogP contribution in [0.1, 0.15) is 11.1 Å². The van der Waals surface area contributed by atoms with Crippen LogP contribution in [-0.4, -0.2) is 4.57 Å². The first-order chi connectivity index (χ1) is 26.1. The Morgan fingerprint density at radius 2 is 0.830 bits per heavy atom. The van der Waals surface area contributed by atoms with Crippen LogP contribution in [0.4, 0.5) is 0 Å². The monoisotopic (exact) mass is 677 g/mol. The quantitative estimate of drug-likeness (QED) is 0.154. The van der Waals surface area contributed by atoms with Crippen LogP contribution in [-0.2, 0) is 0 Å². The van der Waals surface area contributed by atoms with Gasteiger partial charge in [-0.25, -0.2) is 0 Å². The SMILES string of the molecule is C=Cc1c(C=C)c(-c2ccccc2)c2cc(-c3ccc4c(c3)c3ccccc3c(=O)n4-c3ccc(-c4ccccc4)cc3)ccc2c1-c1ccccc1. The molecule has 0 spiro atoms. The maximum Gasteiger partial charge on any atom is 0.263 e. The summed E-state index contributed by atoms with van der Waals surface area (Å²) in [5.74, 6) is 0. The number of hydrogen-bond donors (Lipinski definition) is 0. The van der Waals surface area contributed by atoms with Crippen LogP contribution in [0.3, 0.4) is 0 Å². The molecule has 0 saturated heterocycles. The van der Waals surface area contributed by atoms with E-state index in [1.165, 1.54) is 0 Å². The largest absolute Gasteiger partial charge is 0.276 e. The van der Waals surface area contributed by atoms with E-state index in [1.54, 1.807) is 0 Å². The van der Waals surface area contributed by atoms with Crippen molar-refractivity contribution in [3.63, 3.8) is 0 Å². The van der Waals surface area contributed by atoms with Crippen LogP contribution in [0.2, 0.25) is 0 Å². The van der Waals surface area contributed by atoms with Crippen LogP contribution >= 0.6 is 0 Å². The molecule has 0 aliphatic heterocycles. The molecule has 2 nitrogen and oxygen atoms in total. The van der Waals surface area contributed by atoms with Gasteiger partial charge in [-0.15, -0.1) is 0 Å². The zero-order chi connectivity index (χ0) is 35.9. The van der Waals surface area contributed by atoms with E-state index in [1.807, 2.05) is 77.4 Å². The molecule has 0 radical (unpaired) electrons. The summed E-state index contributed by atoms with van der Waals surface area (Å²) < 4.78 is 1.85. The molecule has 1 aromatic heterocycles. The van der Waals surface area contributed by atoms with E-state index >= 15 is 0 Å². The summed E-state index contributed by atoms with van der Waals surface area (Å²) in [6, 6.07) is 60.8. The van der Waals surface area contributed by atoms with Crippen molar-refractivity contribution >= 4 is 44.6 Å². The number of benzene rings is 8. The van der Waals surface area contributed by atoms with Gasteiger partial charge in [-0.3, -0.25) is 9.36 Å². The highest BCUT2D eigenvalue weighted by molar-refractivity contribution is 6.13. The fourth-order valence-corrected chi connectivity index (χ4v) is 7.91. The Kier molecular flexibility index (Phi) is 7.99. The zero-order valence-corrected chi connectivity index (χ0v) is 29.2. The topological polar surface area (TPSA) is 22.0 Å². The third kappa shape index (κ3) is 5.40. The van der Waals surface area contributed by atoms with E-state index < -0.39 is 0 Å². The summed E-state index contributed by atoms with van der Waals surface area (Å²) in [6.45, 7) is 8.56. The maximum atomic E-state index is 14.2. The van der Waals surface area contributed by atoms with E-state index in [4.69, 9.17) is 0 Å². The van der Waals surface area contributed by atoms with Gasteiger partial charge in [-0.1, -0.05) is 165 Å². The lowest BCUT2D eigenvalue weighted by atomic mass is 9.82. The molecule has 0 fully saturated rings. The van der Waals surface area contributed by atoms with Gasteiger partial charge < -0.3 is 0 Å². The summed E-state index contributed by atoms with van der Waals surface area (Å²) in [4.78, 5) is 14.2. The summed E-state index contributed by atoms with van der Waals surface area (Å²) in [7, 11) is 0. The highest BCUT2D eigenvalue weighted by Crippen LogP contribution is 2.44. The van der Waals surface area contributed by atoms with Gasteiger partial charge in [0, 0.05) is 16.5 Å². The summed E-state index contributed by atoms with van der Waals surface area (Å²) >= 11 is 0. The molecule has 8 aromatic carbocycles. The maximum absolute atomic E-state index is 14.2. The van der Waals surface area contributed by atoms with Gasteiger partial charge in [-0.05, 0) is 108 Å². The van der Waals surface area contributed by atoms with Crippen molar-refractivity contribution in [2.24, 2.45) is 0 Å². The molecule has 0 aliphatic rings. The molecule has 250 valence electrons. The number of aromatic nitrogens is 1. The molecular formula is C51H35NO. The first-order valence-electron chi connectivity index (χ1n) is 17.9. The predicted molar refractivity (Wildman–Crippen MR) is 226 cm³/mol. The van der Waals surface area contributed by atoms with E-state index in [0.29, 0.717) is 5.39 Å². The van der Waals surface area contributed by atoms with Crippen LogP contribution in [0, 0.1) is 0 Å². The molecule has 0 amide bonds. The Morgan fingerprint density at radius 3 is 1.42 bits per heavy atom. The minimum Gasteiger partial charge on any atom is -0.276 e. The number of nitrogens with zero attached hydrogens (tertiary/aromatic N) is 1. The van der Waals surface area contributed by atoms with Gasteiger partial charge in [0.1, 0.15) is 0 Å². The van der Waals surface area contributed by atoms with Crippen molar-refractivity contribution in [1.29, 1.82) is 0 Å². The minimum atomic E-state index is -0.0325. The van der Waals surface area contributed by atoms with Crippen LogP contribution in [0.25, 0.3) is 94.8 Å². The highest BCUT2D eigenvalue weighted by Gasteiger charge is 2.20. The summed E-state index contributed by atoms with van der Waals surface area (Å²) in [5, 5.41) is 4.94. The molecule has 0 N–H and O–H groups in total. The highest BCUT2D eigenvalue weighted by atomic mass is 16.1. The standard InChI is InChI=1S/C51H35NO/c1-3-41-42(4-2)50(37-20-12-7-13-21-37)47-33-38(26-30-44(47)49(41)36-18-10-6-11-19-36)39-27-31-48-46(32-39)43-22-14-15-23-45(43)51(53)52(48)40-28-24-35(25-29-40)34-16-8-5-9-17-34/h3-33H,1-2H2. The van der Waals surface area contributed by atoms with E-state index in [-0.39, 0.29) is 5.56 Å². The smallest absolute Gasteiger partial charge is 0.263 e. The molecule has 53 heavy (non-hydrogen) atoms. The Bertz CT molecular complexity index is 2900. The van der Waals surface area contributed by atoms with Crippen LogP contribution < -0.4 is 5.56 Å². The molecule has 9 rings (SSSR count). The fourth-order valence-electron chi connectivity index (χ4n) is 7.91. The lowest BCUT2D eigenvalue weighted by Gasteiger charge is -2.21. The molecule has 0 aliphatic carbocycles. The molecule has 1 heterocycles. The Balaban J connectivity index is 1.29. The van der Waals surface area contributed by atoms with Crippen LogP contribution in [0.15, 0.2) is 194 Å². The third-order valence-corrected chi connectivity index (χ3v) is 10.4. The normalized spacial score (nSPS) is 11.2. The summed E-state index contributed by atoms with van der Waals surface area (Å²) in [6.07, 6.45) is 3.92.